The Bertz CT molecular complexity index is 1250. The van der Waals surface area contributed by atoms with E-state index in [1.54, 1.807) is 33.6 Å². The Kier molecular flexibility index (Phi) is 3.61. The van der Waals surface area contributed by atoms with Gasteiger partial charge in [0, 0.05) is 24.1 Å². The maximum atomic E-state index is 13.6. The number of aromatic hydroxyl groups is 1. The first-order chi connectivity index (χ1) is 14.6. The fourth-order valence-corrected chi connectivity index (χ4v) is 5.85. The Hall–Kier alpha value is -3.22. The summed E-state index contributed by atoms with van der Waals surface area (Å²) in [5.74, 6) is 0.877. The molecule has 2 atom stereocenters. The van der Waals surface area contributed by atoms with E-state index >= 15 is 0 Å². The van der Waals surface area contributed by atoms with E-state index in [0.717, 1.165) is 37.7 Å². The van der Waals surface area contributed by atoms with Crippen LogP contribution in [0.1, 0.15) is 43.7 Å². The van der Waals surface area contributed by atoms with E-state index in [1.165, 1.54) is 4.57 Å². The number of aromatic nitrogens is 3. The average Bonchev–Trinajstić information content (AvgIpc) is 3.31. The SMILES string of the molecule is O=c1n(-c2ccccc2)c(=O)n2n1CCC1C2c2ccc(O)cc2OC12CCCC2. The Labute approximate surface area is 172 Å². The van der Waals surface area contributed by atoms with Crippen molar-refractivity contribution in [2.45, 2.75) is 50.3 Å². The first kappa shape index (κ1) is 17.6. The molecular weight excluding hydrogens is 382 g/mol. The van der Waals surface area contributed by atoms with Crippen LogP contribution in [0.15, 0.2) is 58.1 Å². The summed E-state index contributed by atoms with van der Waals surface area (Å²) in [5.41, 5.74) is 0.455. The minimum absolute atomic E-state index is 0.112. The van der Waals surface area contributed by atoms with Crippen LogP contribution in [0.4, 0.5) is 0 Å². The van der Waals surface area contributed by atoms with Gasteiger partial charge in [-0.1, -0.05) is 18.2 Å². The van der Waals surface area contributed by atoms with Crippen LogP contribution in [0.3, 0.4) is 0 Å². The zero-order chi connectivity index (χ0) is 20.5. The van der Waals surface area contributed by atoms with E-state index in [4.69, 9.17) is 4.74 Å². The molecular formula is C23H23N3O4. The fraction of sp³-hybridized carbons (Fsp3) is 0.391. The van der Waals surface area contributed by atoms with Crippen LogP contribution >= 0.6 is 0 Å². The van der Waals surface area contributed by atoms with Crippen molar-refractivity contribution >= 4 is 0 Å². The number of fused-ring (bicyclic) bond motifs is 6. The van der Waals surface area contributed by atoms with Gasteiger partial charge in [-0.05, 0) is 56.4 Å². The maximum absolute atomic E-state index is 13.6. The van der Waals surface area contributed by atoms with Gasteiger partial charge in [-0.2, -0.15) is 0 Å². The first-order valence-corrected chi connectivity index (χ1v) is 10.6. The Morgan fingerprint density at radius 3 is 2.53 bits per heavy atom. The molecule has 1 saturated carbocycles. The van der Waals surface area contributed by atoms with Crippen molar-refractivity contribution in [2.75, 3.05) is 0 Å². The van der Waals surface area contributed by atoms with E-state index in [9.17, 15) is 14.7 Å². The number of hydrogen-bond donors (Lipinski definition) is 1. The number of nitrogens with zero attached hydrogens (tertiary/aromatic N) is 3. The predicted octanol–water partition coefficient (Wildman–Crippen LogP) is 2.82. The number of hydrogen-bond acceptors (Lipinski definition) is 4. The highest BCUT2D eigenvalue weighted by Gasteiger charge is 2.54. The minimum Gasteiger partial charge on any atom is -0.508 e. The smallest absolute Gasteiger partial charge is 0.352 e. The molecule has 0 bridgehead atoms. The van der Waals surface area contributed by atoms with E-state index in [1.807, 2.05) is 24.3 Å². The number of para-hydroxylation sites is 1. The van der Waals surface area contributed by atoms with Gasteiger partial charge in [-0.15, -0.1) is 0 Å². The minimum atomic E-state index is -0.346. The molecule has 2 aromatic carbocycles. The highest BCUT2D eigenvalue weighted by atomic mass is 16.5. The molecule has 1 aromatic heterocycles. The number of benzene rings is 2. The third-order valence-corrected chi connectivity index (χ3v) is 7.13. The first-order valence-electron chi connectivity index (χ1n) is 10.6. The van der Waals surface area contributed by atoms with Gasteiger partial charge in [-0.25, -0.2) is 23.5 Å². The summed E-state index contributed by atoms with van der Waals surface area (Å²) >= 11 is 0. The lowest BCUT2D eigenvalue weighted by atomic mass is 9.73. The topological polar surface area (TPSA) is 78.4 Å². The Morgan fingerprint density at radius 1 is 1.00 bits per heavy atom. The van der Waals surface area contributed by atoms with Crippen LogP contribution in [0.5, 0.6) is 11.5 Å². The van der Waals surface area contributed by atoms with Crippen LogP contribution in [0.2, 0.25) is 0 Å². The summed E-state index contributed by atoms with van der Waals surface area (Å²) < 4.78 is 11.0. The molecule has 6 rings (SSSR count). The summed E-state index contributed by atoms with van der Waals surface area (Å²) in [6, 6.07) is 13.9. The number of ether oxygens (including phenoxy) is 1. The number of rotatable bonds is 1. The quantitative estimate of drug-likeness (QED) is 0.675. The average molecular weight is 405 g/mol. The largest absolute Gasteiger partial charge is 0.508 e. The van der Waals surface area contributed by atoms with Crippen LogP contribution in [-0.2, 0) is 6.54 Å². The van der Waals surface area contributed by atoms with Gasteiger partial charge in [0.25, 0.3) is 0 Å². The van der Waals surface area contributed by atoms with E-state index in [0.29, 0.717) is 18.0 Å². The molecule has 0 radical (unpaired) electrons. The lowest BCUT2D eigenvalue weighted by molar-refractivity contribution is -0.0451. The van der Waals surface area contributed by atoms with E-state index < -0.39 is 0 Å². The van der Waals surface area contributed by atoms with Crippen LogP contribution in [0, 0.1) is 5.92 Å². The predicted molar refractivity (Wildman–Crippen MR) is 110 cm³/mol. The second-order valence-electron chi connectivity index (χ2n) is 8.64. The number of phenols is 1. The Balaban J connectivity index is 1.62. The van der Waals surface area contributed by atoms with Crippen molar-refractivity contribution in [2.24, 2.45) is 5.92 Å². The Morgan fingerprint density at radius 2 is 1.77 bits per heavy atom. The zero-order valence-corrected chi connectivity index (χ0v) is 16.5. The second kappa shape index (κ2) is 6.14. The molecule has 0 amide bonds. The van der Waals surface area contributed by atoms with Gasteiger partial charge in [0.1, 0.15) is 17.1 Å². The van der Waals surface area contributed by atoms with E-state index in [-0.39, 0.29) is 34.7 Å². The molecule has 30 heavy (non-hydrogen) atoms. The molecule has 1 aliphatic carbocycles. The fourth-order valence-electron chi connectivity index (χ4n) is 5.85. The molecule has 3 heterocycles. The molecule has 3 aliphatic rings. The third kappa shape index (κ3) is 2.26. The molecule has 3 aromatic rings. The molecule has 2 unspecified atom stereocenters. The van der Waals surface area contributed by atoms with Gasteiger partial charge in [0.2, 0.25) is 0 Å². The van der Waals surface area contributed by atoms with Crippen LogP contribution < -0.4 is 16.1 Å². The lowest BCUT2D eigenvalue weighted by Crippen LogP contribution is -2.54. The van der Waals surface area contributed by atoms with Crippen molar-refractivity contribution in [3.05, 3.63) is 75.1 Å². The molecule has 7 nitrogen and oxygen atoms in total. The zero-order valence-electron chi connectivity index (χ0n) is 16.5. The monoisotopic (exact) mass is 405 g/mol. The van der Waals surface area contributed by atoms with Gasteiger partial charge < -0.3 is 9.84 Å². The molecule has 1 spiro atoms. The van der Waals surface area contributed by atoms with Crippen molar-refractivity contribution < 1.29 is 9.84 Å². The standard InChI is InChI=1S/C23H23N3O4/c27-16-8-9-17-19(14-16)30-23(11-4-5-12-23)18-10-13-24-21(28)25(15-6-2-1-3-7-15)22(29)26(24)20(17)18/h1-3,6-9,14,18,20,27H,4-5,10-13H2. The van der Waals surface area contributed by atoms with Crippen LogP contribution in [-0.4, -0.2) is 24.6 Å². The van der Waals surface area contributed by atoms with Gasteiger partial charge in [0.15, 0.2) is 0 Å². The summed E-state index contributed by atoms with van der Waals surface area (Å²) in [5, 5.41) is 10.1. The molecule has 2 aliphatic heterocycles. The van der Waals surface area contributed by atoms with Crippen molar-refractivity contribution in [1.29, 1.82) is 0 Å². The second-order valence-corrected chi connectivity index (χ2v) is 8.64. The van der Waals surface area contributed by atoms with Gasteiger partial charge in [-0.3, -0.25) is 0 Å². The highest BCUT2D eigenvalue weighted by Crippen LogP contribution is 2.54. The van der Waals surface area contributed by atoms with E-state index in [2.05, 4.69) is 0 Å². The van der Waals surface area contributed by atoms with Gasteiger partial charge in [0.05, 0.1) is 11.7 Å². The third-order valence-electron chi connectivity index (χ3n) is 7.13. The molecule has 154 valence electrons. The molecule has 1 fully saturated rings. The maximum Gasteiger partial charge on any atom is 0.352 e. The van der Waals surface area contributed by atoms with Crippen molar-refractivity contribution in [3.8, 4) is 17.2 Å². The highest BCUT2D eigenvalue weighted by molar-refractivity contribution is 5.45. The summed E-state index contributed by atoms with van der Waals surface area (Å²) in [6.45, 7) is 0.494. The summed E-state index contributed by atoms with van der Waals surface area (Å²) in [6.07, 6.45) is 4.82. The molecule has 7 heteroatoms. The van der Waals surface area contributed by atoms with Crippen LogP contribution in [0.25, 0.3) is 5.69 Å². The number of phenolic OH excluding ortho intramolecular Hbond substituents is 1. The van der Waals surface area contributed by atoms with Crippen molar-refractivity contribution in [3.63, 3.8) is 0 Å². The summed E-state index contributed by atoms with van der Waals surface area (Å²) in [7, 11) is 0. The summed E-state index contributed by atoms with van der Waals surface area (Å²) in [4.78, 5) is 26.8. The molecule has 0 saturated heterocycles. The van der Waals surface area contributed by atoms with Gasteiger partial charge >= 0.3 is 11.4 Å². The molecule has 1 N–H and O–H groups in total. The normalized spacial score (nSPS) is 23.5. The van der Waals surface area contributed by atoms with Crippen molar-refractivity contribution in [1.82, 2.24) is 13.9 Å². The lowest BCUT2D eigenvalue weighted by Gasteiger charge is -2.49.